The van der Waals surface area contributed by atoms with Crippen LogP contribution >= 0.6 is 0 Å². The number of rotatable bonds is 49. The Morgan fingerprint density at radius 2 is 0.658 bits per heavy atom. The van der Waals surface area contributed by atoms with Gasteiger partial charge in [0.05, 0.1) is 65.9 Å². The van der Waals surface area contributed by atoms with Crippen LogP contribution in [-0.2, 0) is 82.9 Å². The van der Waals surface area contributed by atoms with E-state index in [1.54, 1.807) is 9.80 Å². The summed E-state index contributed by atoms with van der Waals surface area (Å²) in [6, 6.07) is 0. The van der Waals surface area contributed by atoms with E-state index in [-0.39, 0.29) is 104 Å². The van der Waals surface area contributed by atoms with Gasteiger partial charge >= 0.3 is 5.97 Å². The SMILES string of the molecule is C=C.C=C.C=C.C=C.C=O.CC(C)CC(=O)ON1C(=O)CCC1=O.FCOCCN(CCOCF)CCN(CCN(CCOCF)CCOCF)CN(CCN(CCOOF)CCOOF)CCN(CCOOF)CCOOF. The minimum Gasteiger partial charge on any atom is -0.349 e. The van der Waals surface area contributed by atoms with Crippen LogP contribution in [0.4, 0.5) is 35.7 Å². The zero-order valence-electron chi connectivity index (χ0n) is 46.2. The van der Waals surface area contributed by atoms with E-state index in [1.807, 2.05) is 35.3 Å². The van der Waals surface area contributed by atoms with Gasteiger partial charge in [0.25, 0.3) is 11.8 Å². The van der Waals surface area contributed by atoms with Gasteiger partial charge in [-0.15, -0.1) is 57.7 Å². The van der Waals surface area contributed by atoms with Gasteiger partial charge in [0.2, 0.25) is 0 Å². The first kappa shape index (κ1) is 86.2. The molecule has 1 aliphatic heterocycles. The van der Waals surface area contributed by atoms with Crippen molar-refractivity contribution in [3.63, 3.8) is 0 Å². The first-order valence-electron chi connectivity index (χ1n) is 24.4. The number of ether oxygens (including phenoxy) is 4. The Morgan fingerprint density at radius 3 is 0.873 bits per heavy atom. The van der Waals surface area contributed by atoms with Crippen LogP contribution < -0.4 is 0 Å². The highest BCUT2D eigenvalue weighted by molar-refractivity contribution is 6.01. The molecule has 1 aliphatic rings. The van der Waals surface area contributed by atoms with Crippen molar-refractivity contribution in [3.05, 3.63) is 52.6 Å². The zero-order valence-corrected chi connectivity index (χ0v) is 46.2. The molecule has 1 fully saturated rings. The lowest BCUT2D eigenvalue weighted by atomic mass is 10.1. The van der Waals surface area contributed by atoms with Gasteiger partial charge < -0.3 is 28.6 Å². The maximum absolute atomic E-state index is 12.7. The second-order valence-electron chi connectivity index (χ2n) is 15.0. The first-order chi connectivity index (χ1) is 38.5. The van der Waals surface area contributed by atoms with Crippen LogP contribution in [0.3, 0.4) is 0 Å². The summed E-state index contributed by atoms with van der Waals surface area (Å²) in [5, 5.41) is 13.3. The second kappa shape index (κ2) is 72.0. The van der Waals surface area contributed by atoms with E-state index in [9.17, 15) is 50.0 Å². The number of imide groups is 1. The molecule has 0 unspecified atom stereocenters. The predicted molar refractivity (Wildman–Crippen MR) is 273 cm³/mol. The number of carbonyl (C=O) groups excluding carboxylic acids is 4. The molecule has 79 heavy (non-hydrogen) atoms. The van der Waals surface area contributed by atoms with Gasteiger partial charge in [0.1, 0.15) is 6.79 Å². The van der Waals surface area contributed by atoms with E-state index in [4.69, 9.17) is 23.7 Å². The van der Waals surface area contributed by atoms with E-state index >= 15 is 0 Å². The first-order valence-corrected chi connectivity index (χ1v) is 24.4. The number of amides is 2. The molecule has 0 N–H and O–H groups in total. The van der Waals surface area contributed by atoms with Crippen LogP contribution in [0.15, 0.2) is 52.6 Å². The van der Waals surface area contributed by atoms with Crippen LogP contribution in [0.25, 0.3) is 0 Å². The Morgan fingerprint density at radius 1 is 0.430 bits per heavy atom. The maximum atomic E-state index is 12.7. The van der Waals surface area contributed by atoms with Gasteiger partial charge in [-0.2, -0.15) is 0 Å². The standard InChI is InChI=1S/C29H58F8N6O12.C9H13NO4.4C2H4.CH2O/c30-25-44-17-9-38(10-18-45-26-31)1-5-42(6-2-39(11-19-46-27-32)12-20-47-28-33)29-43(7-3-40(13-21-48-52-34)14-22-49-53-35)8-4-41(15-23-50-54-36)16-24-51-55-37;1-6(2)5-9(13)14-10-7(11)3-4-8(10)12;5*1-2/h1-29H2;6H,3-5H2,1-2H3;4*1-2H2;1H2. The monoisotopic (exact) mass is 1180 g/mol. The molecule has 24 nitrogen and oxygen atoms in total. The zero-order chi connectivity index (χ0) is 61.2. The summed E-state index contributed by atoms with van der Waals surface area (Å²) in [5.74, 6) is -1.27. The molecule has 1 rings (SSSR count). The molecule has 0 radical (unpaired) electrons. The van der Waals surface area contributed by atoms with Crippen molar-refractivity contribution in [2.45, 2.75) is 33.1 Å². The molecule has 0 aromatic rings. The number of hydroxylamine groups is 2. The van der Waals surface area contributed by atoms with E-state index < -0.39 is 45.2 Å². The number of alkyl halides is 4. The summed E-state index contributed by atoms with van der Waals surface area (Å²) in [4.78, 5) is 74.7. The molecular formula is C47H89F8N7O17. The van der Waals surface area contributed by atoms with E-state index in [0.29, 0.717) is 90.3 Å². The Hall–Kier alpha value is -4.04. The third kappa shape index (κ3) is 58.4. The largest absolute Gasteiger partial charge is 0.349 e. The molecule has 0 aromatic heterocycles. The second-order valence-corrected chi connectivity index (χ2v) is 15.0. The van der Waals surface area contributed by atoms with Crippen LogP contribution in [0, 0.1) is 5.92 Å². The van der Waals surface area contributed by atoms with Crippen molar-refractivity contribution < 1.29 is 119 Å². The highest BCUT2D eigenvalue weighted by atomic mass is 19.3. The summed E-state index contributed by atoms with van der Waals surface area (Å²) < 4.78 is 119. The highest BCUT2D eigenvalue weighted by Gasteiger charge is 2.33. The minimum absolute atomic E-state index is 0.0729. The van der Waals surface area contributed by atoms with Gasteiger partial charge in [0.15, 0.2) is 27.4 Å². The molecule has 0 aromatic carbocycles. The topological polar surface area (TPSA) is 211 Å². The Kier molecular flexibility index (Phi) is 78.6. The molecule has 1 saturated heterocycles. The van der Waals surface area contributed by atoms with Gasteiger partial charge in [-0.1, -0.05) is 13.8 Å². The molecule has 0 bridgehead atoms. The average molecular weight is 1180 g/mol. The molecular weight excluding hydrogens is 1090 g/mol. The molecule has 0 atom stereocenters. The van der Waals surface area contributed by atoms with Gasteiger partial charge in [-0.05, 0) is 44.4 Å². The van der Waals surface area contributed by atoms with E-state index in [2.05, 4.69) is 102 Å². The quantitative estimate of drug-likeness (QED) is 0.0140. The van der Waals surface area contributed by atoms with Crippen molar-refractivity contribution in [1.82, 2.24) is 34.5 Å². The lowest BCUT2D eigenvalue weighted by Gasteiger charge is -2.36. The molecule has 2 amide bonds. The molecule has 470 valence electrons. The highest BCUT2D eigenvalue weighted by Crippen LogP contribution is 2.14. The van der Waals surface area contributed by atoms with Crippen LogP contribution in [0.2, 0.25) is 0 Å². The fourth-order valence-corrected chi connectivity index (χ4v) is 6.18. The summed E-state index contributed by atoms with van der Waals surface area (Å²) in [6.07, 6.45) is 0.471. The smallest absolute Gasteiger partial charge is 0.333 e. The molecule has 32 heteroatoms. The van der Waals surface area contributed by atoms with Crippen molar-refractivity contribution in [3.8, 4) is 0 Å². The number of halogens is 8. The Labute approximate surface area is 460 Å². The number of nitrogens with zero attached hydrogens (tertiary/aromatic N) is 7. The molecule has 0 saturated carbocycles. The van der Waals surface area contributed by atoms with Gasteiger partial charge in [-0.3, -0.25) is 39.0 Å². The minimum atomic E-state index is -0.974. The van der Waals surface area contributed by atoms with Crippen molar-refractivity contribution in [1.29, 1.82) is 0 Å². The lowest BCUT2D eigenvalue weighted by molar-refractivity contribution is -0.432. The van der Waals surface area contributed by atoms with Crippen LogP contribution in [-0.4, -0.2) is 251 Å². The molecule has 1 heterocycles. The Balaban J connectivity index is -0.000000462. The van der Waals surface area contributed by atoms with Crippen molar-refractivity contribution >= 4 is 24.6 Å². The summed E-state index contributed by atoms with van der Waals surface area (Å²) >= 11 is 0. The summed E-state index contributed by atoms with van der Waals surface area (Å²) in [6.45, 7) is 30.6. The van der Waals surface area contributed by atoms with Gasteiger partial charge in [-0.25, -0.2) is 41.9 Å². The summed E-state index contributed by atoms with van der Waals surface area (Å²) in [5.41, 5.74) is 0. The summed E-state index contributed by atoms with van der Waals surface area (Å²) in [7, 11) is 0. The molecule has 0 spiro atoms. The Bertz CT molecular complexity index is 1130. The van der Waals surface area contributed by atoms with Gasteiger partial charge in [0, 0.05) is 118 Å². The maximum Gasteiger partial charge on any atom is 0.333 e. The van der Waals surface area contributed by atoms with Crippen molar-refractivity contribution in [2.75, 3.05) is 192 Å². The van der Waals surface area contributed by atoms with Crippen LogP contribution in [0.1, 0.15) is 33.1 Å². The normalized spacial score (nSPS) is 11.8. The predicted octanol–water partition coefficient (Wildman–Crippen LogP) is 5.52. The molecule has 0 aliphatic carbocycles. The third-order valence-electron chi connectivity index (χ3n) is 9.76. The third-order valence-corrected chi connectivity index (χ3v) is 9.76. The fourth-order valence-electron chi connectivity index (χ4n) is 6.18. The number of carbonyl (C=O) groups is 4. The van der Waals surface area contributed by atoms with E-state index in [1.165, 1.54) is 0 Å². The average Bonchev–Trinajstić information content (AvgIpc) is 3.78. The van der Waals surface area contributed by atoms with E-state index in [0.717, 1.165) is 0 Å². The van der Waals surface area contributed by atoms with Crippen molar-refractivity contribution in [2.24, 2.45) is 5.92 Å². The van der Waals surface area contributed by atoms with Crippen LogP contribution in [0.5, 0.6) is 0 Å². The number of hydrogen-bond acceptors (Lipinski definition) is 23. The lowest BCUT2D eigenvalue weighted by Crippen LogP contribution is -2.50. The number of hydrogen-bond donors (Lipinski definition) is 0. The fraction of sp³-hybridized carbons (Fsp3) is 0.745.